The normalized spacial score (nSPS) is 10.3. The van der Waals surface area contributed by atoms with Crippen molar-refractivity contribution in [1.82, 2.24) is 0 Å². The Morgan fingerprint density at radius 1 is 1.38 bits per heavy atom. The van der Waals surface area contributed by atoms with Crippen LogP contribution in [0.5, 0.6) is 0 Å². The molecular weight excluding hydrogens is 206 g/mol. The largest absolute Gasteiger partial charge is 0.422 e. The van der Waals surface area contributed by atoms with E-state index in [1.54, 1.807) is 12.1 Å². The maximum atomic E-state index is 11.5. The van der Waals surface area contributed by atoms with Gasteiger partial charge in [0.25, 0.3) is 0 Å². The molecule has 16 heavy (non-hydrogen) atoms. The number of rotatable bonds is 3. The molecule has 0 aliphatic heterocycles. The van der Waals surface area contributed by atoms with Crippen LogP contribution in [-0.2, 0) is 0 Å². The molecule has 2 rings (SSSR count). The van der Waals surface area contributed by atoms with Crippen molar-refractivity contribution in [3.05, 3.63) is 40.2 Å². The number of fused-ring (bicyclic) bond motifs is 1. The Morgan fingerprint density at radius 2 is 2.12 bits per heavy atom. The minimum Gasteiger partial charge on any atom is -0.422 e. The quantitative estimate of drug-likeness (QED) is 0.631. The third-order valence-corrected chi connectivity index (χ3v) is 2.32. The number of hydrogen-bond donors (Lipinski definition) is 1. The van der Waals surface area contributed by atoms with E-state index in [2.05, 4.69) is 5.32 Å². The fraction of sp³-hybridized carbons (Fsp3) is 0.167. The summed E-state index contributed by atoms with van der Waals surface area (Å²) in [6, 6.07) is 7.12. The number of hydrogen-bond acceptors (Lipinski definition) is 4. The van der Waals surface area contributed by atoms with Crippen LogP contribution in [0.3, 0.4) is 0 Å². The summed E-state index contributed by atoms with van der Waals surface area (Å²) in [5.74, 6) is 0. The monoisotopic (exact) mass is 217 g/mol. The molecule has 4 heteroatoms. The lowest BCUT2D eigenvalue weighted by molar-refractivity contribution is 0.112. The second-order valence-electron chi connectivity index (χ2n) is 3.32. The van der Waals surface area contributed by atoms with Crippen LogP contribution >= 0.6 is 0 Å². The Balaban J connectivity index is 2.86. The number of aldehydes is 1. The van der Waals surface area contributed by atoms with Gasteiger partial charge in [0.2, 0.25) is 0 Å². The van der Waals surface area contributed by atoms with Crippen LogP contribution in [0.4, 0.5) is 5.69 Å². The Bertz CT molecular complexity index is 586. The van der Waals surface area contributed by atoms with E-state index in [0.717, 1.165) is 5.39 Å². The van der Waals surface area contributed by atoms with E-state index in [9.17, 15) is 9.59 Å². The molecule has 0 spiro atoms. The van der Waals surface area contributed by atoms with Gasteiger partial charge < -0.3 is 9.73 Å². The summed E-state index contributed by atoms with van der Waals surface area (Å²) in [5.41, 5.74) is 0.462. The highest BCUT2D eigenvalue weighted by Crippen LogP contribution is 2.23. The van der Waals surface area contributed by atoms with E-state index in [0.29, 0.717) is 24.1 Å². The van der Waals surface area contributed by atoms with E-state index in [1.807, 2.05) is 19.1 Å². The fourth-order valence-electron chi connectivity index (χ4n) is 1.64. The lowest BCUT2D eigenvalue weighted by Crippen LogP contribution is -2.12. The Morgan fingerprint density at radius 3 is 2.81 bits per heavy atom. The molecule has 0 fully saturated rings. The van der Waals surface area contributed by atoms with Crippen molar-refractivity contribution in [3.8, 4) is 0 Å². The summed E-state index contributed by atoms with van der Waals surface area (Å²) in [5, 5.41) is 3.76. The lowest BCUT2D eigenvalue weighted by Gasteiger charge is -2.08. The predicted octanol–water partition coefficient (Wildman–Crippen LogP) is 2.04. The third kappa shape index (κ3) is 1.58. The molecule has 82 valence electrons. The zero-order chi connectivity index (χ0) is 11.5. The van der Waals surface area contributed by atoms with Gasteiger partial charge >= 0.3 is 5.63 Å². The van der Waals surface area contributed by atoms with Gasteiger partial charge in [0.15, 0.2) is 6.29 Å². The van der Waals surface area contributed by atoms with E-state index < -0.39 is 5.63 Å². The molecule has 0 aliphatic rings. The molecule has 1 N–H and O–H groups in total. The van der Waals surface area contributed by atoms with Gasteiger partial charge in [-0.05, 0) is 19.1 Å². The van der Waals surface area contributed by atoms with Crippen LogP contribution < -0.4 is 10.9 Å². The van der Waals surface area contributed by atoms with Crippen LogP contribution in [0.15, 0.2) is 33.5 Å². The van der Waals surface area contributed by atoms with Gasteiger partial charge in [-0.3, -0.25) is 4.79 Å². The maximum Gasteiger partial charge on any atom is 0.349 e. The first-order valence-electron chi connectivity index (χ1n) is 5.02. The van der Waals surface area contributed by atoms with Crippen molar-refractivity contribution in [2.24, 2.45) is 0 Å². The molecule has 1 aromatic carbocycles. The number of carbonyl (C=O) groups is 1. The Labute approximate surface area is 91.9 Å². The minimum atomic E-state index is -0.607. The Hall–Kier alpha value is -2.10. The first-order chi connectivity index (χ1) is 7.77. The number of carbonyl (C=O) groups excluding carboxylic acids is 1. The van der Waals surface area contributed by atoms with Crippen LogP contribution in [-0.4, -0.2) is 12.8 Å². The molecule has 4 nitrogen and oxygen atoms in total. The van der Waals surface area contributed by atoms with Crippen molar-refractivity contribution < 1.29 is 9.21 Å². The summed E-state index contributed by atoms with van der Waals surface area (Å²) < 4.78 is 5.04. The second-order valence-corrected chi connectivity index (χ2v) is 3.32. The van der Waals surface area contributed by atoms with Crippen LogP contribution in [0, 0.1) is 0 Å². The summed E-state index contributed by atoms with van der Waals surface area (Å²) >= 11 is 0. The minimum absolute atomic E-state index is 0.0422. The predicted molar refractivity (Wildman–Crippen MR) is 62.0 cm³/mol. The van der Waals surface area contributed by atoms with Crippen molar-refractivity contribution in [1.29, 1.82) is 0 Å². The van der Waals surface area contributed by atoms with Gasteiger partial charge in [0.1, 0.15) is 11.1 Å². The second kappa shape index (κ2) is 4.18. The van der Waals surface area contributed by atoms with Gasteiger partial charge in [-0.2, -0.15) is 0 Å². The van der Waals surface area contributed by atoms with Crippen molar-refractivity contribution in [3.63, 3.8) is 0 Å². The Kier molecular flexibility index (Phi) is 2.72. The molecule has 0 amide bonds. The number of nitrogens with one attached hydrogen (secondary N) is 1. The average Bonchev–Trinajstić information content (AvgIpc) is 2.29. The molecule has 0 saturated heterocycles. The third-order valence-electron chi connectivity index (χ3n) is 2.32. The van der Waals surface area contributed by atoms with Gasteiger partial charge in [0, 0.05) is 11.9 Å². The summed E-state index contributed by atoms with van der Waals surface area (Å²) in [6.07, 6.45) is 0.524. The van der Waals surface area contributed by atoms with E-state index in [4.69, 9.17) is 4.42 Å². The average molecular weight is 217 g/mol. The molecule has 0 unspecified atom stereocenters. The molecule has 0 atom stereocenters. The van der Waals surface area contributed by atoms with Crippen molar-refractivity contribution >= 4 is 22.9 Å². The molecule has 1 aromatic heterocycles. The SMILES string of the molecule is CCNc1c(C=O)c(=O)oc2ccccc12. The first kappa shape index (κ1) is 10.4. The van der Waals surface area contributed by atoms with Gasteiger partial charge in [-0.25, -0.2) is 4.79 Å². The van der Waals surface area contributed by atoms with Gasteiger partial charge in [-0.15, -0.1) is 0 Å². The highest BCUT2D eigenvalue weighted by Gasteiger charge is 2.12. The van der Waals surface area contributed by atoms with E-state index in [-0.39, 0.29) is 5.56 Å². The summed E-state index contributed by atoms with van der Waals surface area (Å²) in [4.78, 5) is 22.4. The highest BCUT2D eigenvalue weighted by molar-refractivity contribution is 5.98. The smallest absolute Gasteiger partial charge is 0.349 e. The van der Waals surface area contributed by atoms with Crippen molar-refractivity contribution in [2.45, 2.75) is 6.92 Å². The first-order valence-corrected chi connectivity index (χ1v) is 5.02. The zero-order valence-electron chi connectivity index (χ0n) is 8.82. The molecular formula is C12H11NO3. The molecule has 0 aliphatic carbocycles. The molecule has 0 radical (unpaired) electrons. The molecule has 2 aromatic rings. The summed E-state index contributed by atoms with van der Waals surface area (Å²) in [6.45, 7) is 2.53. The van der Waals surface area contributed by atoms with Crippen LogP contribution in [0.25, 0.3) is 11.0 Å². The molecule has 0 saturated carbocycles. The number of anilines is 1. The molecule has 0 bridgehead atoms. The van der Waals surface area contributed by atoms with Crippen LogP contribution in [0.1, 0.15) is 17.3 Å². The molecule has 1 heterocycles. The zero-order valence-corrected chi connectivity index (χ0v) is 8.82. The van der Waals surface area contributed by atoms with Gasteiger partial charge in [-0.1, -0.05) is 12.1 Å². The van der Waals surface area contributed by atoms with E-state index in [1.165, 1.54) is 0 Å². The number of benzene rings is 1. The standard InChI is InChI=1S/C12H11NO3/c1-2-13-11-8-5-3-4-6-10(8)16-12(15)9(11)7-14/h3-7,13H,2H2,1H3. The van der Waals surface area contributed by atoms with Gasteiger partial charge in [0.05, 0.1) is 5.69 Å². The fourth-order valence-corrected chi connectivity index (χ4v) is 1.64. The van der Waals surface area contributed by atoms with Crippen LogP contribution in [0.2, 0.25) is 0 Å². The maximum absolute atomic E-state index is 11.5. The number of para-hydroxylation sites is 1. The van der Waals surface area contributed by atoms with Crippen molar-refractivity contribution in [2.75, 3.05) is 11.9 Å². The topological polar surface area (TPSA) is 59.3 Å². The highest BCUT2D eigenvalue weighted by atomic mass is 16.4. The lowest BCUT2D eigenvalue weighted by atomic mass is 10.1. The summed E-state index contributed by atoms with van der Waals surface area (Å²) in [7, 11) is 0. The van der Waals surface area contributed by atoms with E-state index >= 15 is 0 Å².